The Morgan fingerprint density at radius 1 is 1.36 bits per heavy atom. The number of piperidine rings is 1. The van der Waals surface area contributed by atoms with Gasteiger partial charge in [0.05, 0.1) is 12.5 Å². The lowest BCUT2D eigenvalue weighted by molar-refractivity contribution is -0.137. The Morgan fingerprint density at radius 3 is 3.05 bits per heavy atom. The van der Waals surface area contributed by atoms with Crippen LogP contribution in [0.5, 0.6) is 5.75 Å². The highest BCUT2D eigenvalue weighted by Crippen LogP contribution is 2.32. The molecule has 0 saturated carbocycles. The van der Waals surface area contributed by atoms with Crippen molar-refractivity contribution in [1.29, 1.82) is 0 Å². The van der Waals surface area contributed by atoms with E-state index in [1.807, 2.05) is 30.1 Å². The number of rotatable bonds is 5. The molecule has 1 aromatic carbocycles. The second-order valence-corrected chi connectivity index (χ2v) is 6.33. The fourth-order valence-electron chi connectivity index (χ4n) is 3.57. The average molecular weight is 304 g/mol. The molecule has 3 rings (SSSR count). The van der Waals surface area contributed by atoms with E-state index in [4.69, 9.17) is 9.84 Å². The summed E-state index contributed by atoms with van der Waals surface area (Å²) in [6.07, 6.45) is 1.11. The Kier molecular flexibility index (Phi) is 4.64. The van der Waals surface area contributed by atoms with E-state index in [0.717, 1.165) is 38.3 Å². The van der Waals surface area contributed by atoms with Crippen LogP contribution in [0.15, 0.2) is 24.3 Å². The van der Waals surface area contributed by atoms with Gasteiger partial charge in [0.1, 0.15) is 12.4 Å². The van der Waals surface area contributed by atoms with Crippen LogP contribution < -0.4 is 4.74 Å². The van der Waals surface area contributed by atoms with E-state index in [2.05, 4.69) is 11.0 Å². The molecule has 2 heterocycles. The van der Waals surface area contributed by atoms with Crippen LogP contribution in [-0.4, -0.2) is 60.7 Å². The zero-order valence-corrected chi connectivity index (χ0v) is 13.1. The Hall–Kier alpha value is -1.59. The van der Waals surface area contributed by atoms with Gasteiger partial charge in [0.15, 0.2) is 0 Å². The van der Waals surface area contributed by atoms with Crippen LogP contribution in [0.3, 0.4) is 0 Å². The normalized spacial score (nSPS) is 25.4. The lowest BCUT2D eigenvalue weighted by Crippen LogP contribution is -2.42. The molecule has 2 atom stereocenters. The number of carbonyl (C=O) groups excluding carboxylic acids is 1. The quantitative estimate of drug-likeness (QED) is 0.881. The fraction of sp³-hybridized carbons (Fsp3) is 0.588. The highest BCUT2D eigenvalue weighted by atomic mass is 16.5. The number of ether oxygens (including phenoxy) is 1. The molecule has 2 saturated heterocycles. The topological polar surface area (TPSA) is 53.0 Å². The Bertz CT molecular complexity index is 534. The Morgan fingerprint density at radius 2 is 2.23 bits per heavy atom. The molecular weight excluding hydrogens is 280 g/mol. The number of carbonyl (C=O) groups is 1. The summed E-state index contributed by atoms with van der Waals surface area (Å²) in [5.41, 5.74) is 1.19. The second kappa shape index (κ2) is 6.67. The van der Waals surface area contributed by atoms with Crippen molar-refractivity contribution in [3.8, 4) is 5.75 Å². The van der Waals surface area contributed by atoms with Gasteiger partial charge in [-0.15, -0.1) is 0 Å². The molecular formula is C17H24N2O3. The smallest absolute Gasteiger partial charge is 0.227 e. The molecule has 1 aromatic rings. The molecule has 22 heavy (non-hydrogen) atoms. The Labute approximate surface area is 131 Å². The highest BCUT2D eigenvalue weighted by Gasteiger charge is 2.41. The van der Waals surface area contributed by atoms with Crippen molar-refractivity contribution in [3.63, 3.8) is 0 Å². The summed E-state index contributed by atoms with van der Waals surface area (Å²) < 4.78 is 5.46. The van der Waals surface area contributed by atoms with Crippen LogP contribution in [0, 0.1) is 11.8 Å². The van der Waals surface area contributed by atoms with Gasteiger partial charge in [-0.2, -0.15) is 0 Å². The van der Waals surface area contributed by atoms with Gasteiger partial charge in [0.25, 0.3) is 0 Å². The van der Waals surface area contributed by atoms with Gasteiger partial charge >= 0.3 is 0 Å². The van der Waals surface area contributed by atoms with Gasteiger partial charge in [0.2, 0.25) is 5.91 Å². The number of hydrogen-bond donors (Lipinski definition) is 1. The molecule has 2 aliphatic heterocycles. The summed E-state index contributed by atoms with van der Waals surface area (Å²) in [5, 5.41) is 8.82. The number of nitrogens with zero attached hydrogens (tertiary/aromatic N) is 2. The second-order valence-electron chi connectivity index (χ2n) is 6.33. The van der Waals surface area contributed by atoms with E-state index in [-0.39, 0.29) is 12.5 Å². The molecule has 0 unspecified atom stereocenters. The third kappa shape index (κ3) is 3.25. The molecule has 0 spiro atoms. The molecule has 120 valence electrons. The third-order valence-corrected chi connectivity index (χ3v) is 4.71. The molecule has 1 N–H and O–H groups in total. The predicted molar refractivity (Wildman–Crippen MR) is 83.5 cm³/mol. The predicted octanol–water partition coefficient (Wildman–Crippen LogP) is 0.968. The largest absolute Gasteiger partial charge is 0.491 e. The molecule has 0 aromatic heterocycles. The average Bonchev–Trinajstić information content (AvgIpc) is 2.93. The number of amides is 1. The number of fused-ring (bicyclic) bond motifs is 1. The molecule has 0 bridgehead atoms. The SMILES string of the molecule is CN1CC[C@@H]2CN(Cc3cccc(OCCO)c3)C[C@@H]2C1=O. The van der Waals surface area contributed by atoms with Crippen LogP contribution >= 0.6 is 0 Å². The van der Waals surface area contributed by atoms with Gasteiger partial charge in [-0.25, -0.2) is 0 Å². The minimum atomic E-state index is 0.0232. The van der Waals surface area contributed by atoms with E-state index in [1.54, 1.807) is 0 Å². The van der Waals surface area contributed by atoms with Crippen molar-refractivity contribution in [3.05, 3.63) is 29.8 Å². The first-order valence-electron chi connectivity index (χ1n) is 7.97. The van der Waals surface area contributed by atoms with Crippen molar-refractivity contribution < 1.29 is 14.6 Å². The maximum absolute atomic E-state index is 12.2. The lowest BCUT2D eigenvalue weighted by Gasteiger charge is -2.30. The fourth-order valence-corrected chi connectivity index (χ4v) is 3.57. The number of benzene rings is 1. The minimum absolute atomic E-state index is 0.0232. The zero-order chi connectivity index (χ0) is 15.5. The third-order valence-electron chi connectivity index (χ3n) is 4.71. The monoisotopic (exact) mass is 304 g/mol. The number of aliphatic hydroxyl groups excluding tert-OH is 1. The van der Waals surface area contributed by atoms with Crippen molar-refractivity contribution in [2.24, 2.45) is 11.8 Å². The number of likely N-dealkylation sites (tertiary alicyclic amines) is 2. The van der Waals surface area contributed by atoms with E-state index in [9.17, 15) is 4.79 Å². The van der Waals surface area contributed by atoms with Gasteiger partial charge in [0, 0.05) is 33.2 Å². The molecule has 2 aliphatic rings. The number of hydrogen-bond acceptors (Lipinski definition) is 4. The van der Waals surface area contributed by atoms with E-state index in [0.29, 0.717) is 18.4 Å². The van der Waals surface area contributed by atoms with Crippen molar-refractivity contribution in [2.75, 3.05) is 39.9 Å². The van der Waals surface area contributed by atoms with E-state index >= 15 is 0 Å². The lowest BCUT2D eigenvalue weighted by atomic mass is 9.88. The molecule has 5 heteroatoms. The maximum Gasteiger partial charge on any atom is 0.227 e. The van der Waals surface area contributed by atoms with Crippen molar-refractivity contribution in [1.82, 2.24) is 9.80 Å². The molecule has 0 radical (unpaired) electrons. The van der Waals surface area contributed by atoms with Crippen LogP contribution in [0.2, 0.25) is 0 Å². The van der Waals surface area contributed by atoms with Crippen LogP contribution in [0.4, 0.5) is 0 Å². The van der Waals surface area contributed by atoms with Crippen molar-refractivity contribution >= 4 is 5.91 Å². The molecule has 1 amide bonds. The maximum atomic E-state index is 12.2. The summed E-state index contributed by atoms with van der Waals surface area (Å²) in [7, 11) is 1.91. The first-order chi connectivity index (χ1) is 10.7. The van der Waals surface area contributed by atoms with Crippen LogP contribution in [0.25, 0.3) is 0 Å². The molecule has 0 aliphatic carbocycles. The summed E-state index contributed by atoms with van der Waals surface area (Å²) >= 11 is 0. The van der Waals surface area contributed by atoms with Crippen molar-refractivity contribution in [2.45, 2.75) is 13.0 Å². The summed E-state index contributed by atoms with van der Waals surface area (Å²) in [5.74, 6) is 1.78. The highest BCUT2D eigenvalue weighted by molar-refractivity contribution is 5.80. The summed E-state index contributed by atoms with van der Waals surface area (Å²) in [6, 6.07) is 7.98. The van der Waals surface area contributed by atoms with E-state index < -0.39 is 0 Å². The standard InChI is InChI=1S/C17H24N2O3/c1-18-6-5-14-11-19(12-16(14)17(18)21)10-13-3-2-4-15(9-13)22-8-7-20/h2-4,9,14,16,20H,5-8,10-12H2,1H3/t14-,16+/m1/s1. The molecule has 5 nitrogen and oxygen atoms in total. The van der Waals surface area contributed by atoms with Gasteiger partial charge in [-0.3, -0.25) is 9.69 Å². The summed E-state index contributed by atoms with van der Waals surface area (Å²) in [6.45, 7) is 3.94. The molecule has 2 fully saturated rings. The van der Waals surface area contributed by atoms with Crippen LogP contribution in [-0.2, 0) is 11.3 Å². The zero-order valence-electron chi connectivity index (χ0n) is 13.1. The Balaban J connectivity index is 1.61. The van der Waals surface area contributed by atoms with E-state index in [1.165, 1.54) is 5.56 Å². The van der Waals surface area contributed by atoms with Gasteiger partial charge in [-0.05, 0) is 30.0 Å². The van der Waals surface area contributed by atoms with Gasteiger partial charge < -0.3 is 14.7 Å². The minimum Gasteiger partial charge on any atom is -0.491 e. The first kappa shape index (κ1) is 15.3. The number of aliphatic hydroxyl groups is 1. The van der Waals surface area contributed by atoms with Crippen LogP contribution in [0.1, 0.15) is 12.0 Å². The van der Waals surface area contributed by atoms with Gasteiger partial charge in [-0.1, -0.05) is 12.1 Å². The summed E-state index contributed by atoms with van der Waals surface area (Å²) in [4.78, 5) is 16.5. The first-order valence-corrected chi connectivity index (χ1v) is 7.97.